The molecule has 0 radical (unpaired) electrons. The van der Waals surface area contributed by atoms with Crippen LogP contribution in [-0.4, -0.2) is 22.6 Å². The first kappa shape index (κ1) is 11.8. The smallest absolute Gasteiger partial charge is 0.131 e. The van der Waals surface area contributed by atoms with Gasteiger partial charge in [0.15, 0.2) is 0 Å². The van der Waals surface area contributed by atoms with E-state index in [1.54, 1.807) is 6.33 Å². The van der Waals surface area contributed by atoms with Gasteiger partial charge in [-0.1, -0.05) is 13.8 Å². The van der Waals surface area contributed by atoms with Gasteiger partial charge >= 0.3 is 0 Å². The Morgan fingerprint density at radius 1 is 1.13 bits per heavy atom. The fraction of sp³-hybridized carbons (Fsp3) is 0.636. The minimum absolute atomic E-state index is 0.387. The topological polar surface area (TPSA) is 49.8 Å². The van der Waals surface area contributed by atoms with Crippen LogP contribution >= 0.6 is 0 Å². The lowest BCUT2D eigenvalue weighted by Gasteiger charge is -2.11. The average molecular weight is 208 g/mol. The van der Waals surface area contributed by atoms with Crippen LogP contribution in [0.3, 0.4) is 0 Å². The standard InChI is InChI=1S/C11H20N4/c1-8(2)6-12-10-5-11(14-7-13-10)15-9(3)4/h5,7-9H,6H2,1-4H3,(H2,12,13,14,15). The summed E-state index contributed by atoms with van der Waals surface area (Å²) in [6.45, 7) is 9.44. The lowest BCUT2D eigenvalue weighted by Crippen LogP contribution is -2.13. The SMILES string of the molecule is CC(C)CNc1cc(NC(C)C)ncn1. The van der Waals surface area contributed by atoms with Crippen molar-refractivity contribution in [3.05, 3.63) is 12.4 Å². The zero-order chi connectivity index (χ0) is 11.3. The highest BCUT2D eigenvalue weighted by atomic mass is 15.1. The molecule has 4 nitrogen and oxygen atoms in total. The van der Waals surface area contributed by atoms with Crippen LogP contribution in [-0.2, 0) is 0 Å². The zero-order valence-corrected chi connectivity index (χ0v) is 9.91. The van der Waals surface area contributed by atoms with Crippen molar-refractivity contribution < 1.29 is 0 Å². The van der Waals surface area contributed by atoms with E-state index in [-0.39, 0.29) is 0 Å². The number of hydrogen-bond acceptors (Lipinski definition) is 4. The molecule has 1 aromatic rings. The Kier molecular flexibility index (Phi) is 4.34. The summed E-state index contributed by atoms with van der Waals surface area (Å²) in [5.41, 5.74) is 0. The third-order valence-electron chi connectivity index (χ3n) is 1.80. The van der Waals surface area contributed by atoms with Crippen LogP contribution in [0.25, 0.3) is 0 Å². The maximum atomic E-state index is 4.16. The summed E-state index contributed by atoms with van der Waals surface area (Å²) in [5.74, 6) is 2.36. The summed E-state index contributed by atoms with van der Waals surface area (Å²) in [5, 5.41) is 6.51. The molecule has 0 fully saturated rings. The van der Waals surface area contributed by atoms with Crippen molar-refractivity contribution in [2.45, 2.75) is 33.7 Å². The van der Waals surface area contributed by atoms with Crippen molar-refractivity contribution >= 4 is 11.6 Å². The summed E-state index contributed by atoms with van der Waals surface area (Å²) in [7, 11) is 0. The van der Waals surface area contributed by atoms with Crippen LogP contribution in [0.5, 0.6) is 0 Å². The van der Waals surface area contributed by atoms with Crippen LogP contribution in [0.15, 0.2) is 12.4 Å². The van der Waals surface area contributed by atoms with E-state index in [0.717, 1.165) is 18.2 Å². The number of rotatable bonds is 5. The first-order chi connectivity index (χ1) is 7.08. The number of anilines is 2. The molecule has 4 heteroatoms. The van der Waals surface area contributed by atoms with Gasteiger partial charge in [0.1, 0.15) is 18.0 Å². The molecule has 2 N–H and O–H groups in total. The van der Waals surface area contributed by atoms with E-state index in [2.05, 4.69) is 48.3 Å². The highest BCUT2D eigenvalue weighted by Crippen LogP contribution is 2.09. The van der Waals surface area contributed by atoms with Crippen molar-refractivity contribution in [3.63, 3.8) is 0 Å². The maximum absolute atomic E-state index is 4.16. The predicted octanol–water partition coefficient (Wildman–Crippen LogP) is 2.36. The molecule has 0 unspecified atom stereocenters. The molecule has 1 heterocycles. The van der Waals surface area contributed by atoms with Gasteiger partial charge in [0.05, 0.1) is 0 Å². The molecule has 0 aliphatic rings. The third kappa shape index (κ3) is 4.63. The Morgan fingerprint density at radius 3 is 2.40 bits per heavy atom. The highest BCUT2D eigenvalue weighted by molar-refractivity contribution is 5.46. The molecular weight excluding hydrogens is 188 g/mol. The van der Waals surface area contributed by atoms with Gasteiger partial charge in [-0.2, -0.15) is 0 Å². The number of nitrogens with zero attached hydrogens (tertiary/aromatic N) is 2. The molecule has 84 valence electrons. The quantitative estimate of drug-likeness (QED) is 0.780. The lowest BCUT2D eigenvalue weighted by atomic mass is 10.2. The minimum Gasteiger partial charge on any atom is -0.370 e. The first-order valence-corrected chi connectivity index (χ1v) is 5.40. The van der Waals surface area contributed by atoms with Crippen molar-refractivity contribution in [3.8, 4) is 0 Å². The van der Waals surface area contributed by atoms with Gasteiger partial charge in [-0.25, -0.2) is 9.97 Å². The summed E-state index contributed by atoms with van der Waals surface area (Å²) in [6.07, 6.45) is 1.58. The van der Waals surface area contributed by atoms with Crippen LogP contribution in [0, 0.1) is 5.92 Å². The van der Waals surface area contributed by atoms with Gasteiger partial charge < -0.3 is 10.6 Å². The van der Waals surface area contributed by atoms with Gasteiger partial charge in [-0.05, 0) is 19.8 Å². The molecule has 0 saturated carbocycles. The van der Waals surface area contributed by atoms with Crippen LogP contribution < -0.4 is 10.6 Å². The molecule has 15 heavy (non-hydrogen) atoms. The fourth-order valence-corrected chi connectivity index (χ4v) is 1.14. The normalized spacial score (nSPS) is 10.8. The maximum Gasteiger partial charge on any atom is 0.131 e. The van der Waals surface area contributed by atoms with Gasteiger partial charge in [0.25, 0.3) is 0 Å². The molecule has 0 aliphatic heterocycles. The number of hydrogen-bond donors (Lipinski definition) is 2. The van der Waals surface area contributed by atoms with E-state index in [1.807, 2.05) is 6.07 Å². The average Bonchev–Trinajstić information content (AvgIpc) is 2.14. The summed E-state index contributed by atoms with van der Waals surface area (Å²) < 4.78 is 0. The van der Waals surface area contributed by atoms with E-state index in [9.17, 15) is 0 Å². The first-order valence-electron chi connectivity index (χ1n) is 5.40. The number of aromatic nitrogens is 2. The molecule has 0 aromatic carbocycles. The molecule has 0 bridgehead atoms. The molecule has 0 saturated heterocycles. The van der Waals surface area contributed by atoms with E-state index < -0.39 is 0 Å². The van der Waals surface area contributed by atoms with Crippen molar-refractivity contribution in [2.75, 3.05) is 17.2 Å². The van der Waals surface area contributed by atoms with Gasteiger partial charge in [-0.15, -0.1) is 0 Å². The molecule has 0 atom stereocenters. The Morgan fingerprint density at radius 2 is 1.80 bits per heavy atom. The largest absolute Gasteiger partial charge is 0.370 e. The Bertz CT molecular complexity index is 296. The van der Waals surface area contributed by atoms with Crippen LogP contribution in [0.4, 0.5) is 11.6 Å². The summed E-state index contributed by atoms with van der Waals surface area (Å²) in [6, 6.07) is 2.32. The minimum atomic E-state index is 0.387. The molecule has 0 spiro atoms. The molecule has 1 aromatic heterocycles. The van der Waals surface area contributed by atoms with Gasteiger partial charge in [-0.3, -0.25) is 0 Å². The van der Waals surface area contributed by atoms with Crippen LogP contribution in [0.2, 0.25) is 0 Å². The van der Waals surface area contributed by atoms with E-state index in [0.29, 0.717) is 12.0 Å². The van der Waals surface area contributed by atoms with E-state index in [4.69, 9.17) is 0 Å². The molecule has 1 rings (SSSR count). The van der Waals surface area contributed by atoms with Crippen molar-refractivity contribution in [1.29, 1.82) is 0 Å². The third-order valence-corrected chi connectivity index (χ3v) is 1.80. The fourth-order valence-electron chi connectivity index (χ4n) is 1.14. The Hall–Kier alpha value is -1.32. The lowest BCUT2D eigenvalue weighted by molar-refractivity contribution is 0.687. The second-order valence-electron chi connectivity index (χ2n) is 4.36. The summed E-state index contributed by atoms with van der Waals surface area (Å²) >= 11 is 0. The molecule has 0 aliphatic carbocycles. The monoisotopic (exact) mass is 208 g/mol. The molecule has 0 amide bonds. The predicted molar refractivity (Wildman–Crippen MR) is 64.1 cm³/mol. The van der Waals surface area contributed by atoms with Crippen molar-refractivity contribution in [1.82, 2.24) is 9.97 Å². The van der Waals surface area contributed by atoms with Gasteiger partial charge in [0.2, 0.25) is 0 Å². The van der Waals surface area contributed by atoms with E-state index >= 15 is 0 Å². The zero-order valence-electron chi connectivity index (χ0n) is 9.91. The van der Waals surface area contributed by atoms with E-state index in [1.165, 1.54) is 0 Å². The Balaban J connectivity index is 2.57. The second-order valence-corrected chi connectivity index (χ2v) is 4.36. The molecular formula is C11H20N4. The summed E-state index contributed by atoms with van der Waals surface area (Å²) in [4.78, 5) is 8.30. The highest BCUT2D eigenvalue weighted by Gasteiger charge is 2.00. The number of nitrogens with one attached hydrogen (secondary N) is 2. The second kappa shape index (κ2) is 5.53. The Labute approximate surface area is 91.5 Å². The van der Waals surface area contributed by atoms with Crippen LogP contribution in [0.1, 0.15) is 27.7 Å². The van der Waals surface area contributed by atoms with Crippen molar-refractivity contribution in [2.24, 2.45) is 5.92 Å². The van der Waals surface area contributed by atoms with Gasteiger partial charge in [0, 0.05) is 18.7 Å².